The molecular formula is C8H15BO3. The van der Waals surface area contributed by atoms with Gasteiger partial charge in [-0.2, -0.15) is 0 Å². The van der Waals surface area contributed by atoms with Gasteiger partial charge in [-0.05, 0) is 27.7 Å². The second-order valence-corrected chi connectivity index (χ2v) is 3.64. The molecule has 0 bridgehead atoms. The van der Waals surface area contributed by atoms with Crippen molar-refractivity contribution in [1.82, 2.24) is 0 Å². The molecule has 4 heteroatoms. The van der Waals surface area contributed by atoms with Crippen molar-refractivity contribution in [3.63, 3.8) is 0 Å². The molecule has 1 aliphatic rings. The largest absolute Gasteiger partial charge is 0.713 e. The molecule has 1 aliphatic heterocycles. The first kappa shape index (κ1) is 9.61. The van der Waals surface area contributed by atoms with Crippen molar-refractivity contribution in [3.8, 4) is 0 Å². The lowest BCUT2D eigenvalue weighted by molar-refractivity contribution is 0.0965. The Labute approximate surface area is 73.9 Å². The summed E-state index contributed by atoms with van der Waals surface area (Å²) in [5.41, 5.74) is -0.431. The molecule has 1 fully saturated rings. The van der Waals surface area contributed by atoms with Crippen LogP contribution >= 0.6 is 0 Å². The molecule has 0 radical (unpaired) electrons. The molecule has 0 aliphatic carbocycles. The van der Waals surface area contributed by atoms with Crippen molar-refractivity contribution in [2.45, 2.75) is 39.4 Å². The summed E-state index contributed by atoms with van der Waals surface area (Å²) in [6.07, 6.45) is 0.0942. The molecule has 12 heavy (non-hydrogen) atoms. The van der Waals surface area contributed by atoms with Gasteiger partial charge in [0.15, 0.2) is 0 Å². The maximum Gasteiger partial charge on any atom is 0.713 e. The summed E-state index contributed by atoms with van der Waals surface area (Å²) < 4.78 is 16.0. The minimum atomic E-state index is -0.590. The Bertz CT molecular complexity index is 189. The third-order valence-electron chi connectivity index (χ3n) is 1.68. The van der Waals surface area contributed by atoms with Gasteiger partial charge in [0.1, 0.15) is 11.4 Å². The van der Waals surface area contributed by atoms with Crippen LogP contribution in [0, 0.1) is 0 Å². The maximum absolute atomic E-state index is 5.43. The predicted molar refractivity (Wildman–Crippen MR) is 47.4 cm³/mol. The molecule has 1 rings (SSSR count). The molecule has 0 atom stereocenters. The van der Waals surface area contributed by atoms with Crippen LogP contribution in [0.3, 0.4) is 0 Å². The second-order valence-electron chi connectivity index (χ2n) is 3.64. The topological polar surface area (TPSA) is 27.7 Å². The molecule has 0 spiro atoms. The van der Waals surface area contributed by atoms with E-state index in [9.17, 15) is 0 Å². The van der Waals surface area contributed by atoms with E-state index in [1.165, 1.54) is 0 Å². The third kappa shape index (κ3) is 2.02. The number of hydrogen-bond donors (Lipinski definition) is 0. The molecule has 1 heterocycles. The second kappa shape index (κ2) is 3.11. The fraction of sp³-hybridized carbons (Fsp3) is 0.750. The summed E-state index contributed by atoms with van der Waals surface area (Å²) in [5, 5.41) is 0. The predicted octanol–water partition coefficient (Wildman–Crippen LogP) is 1.74. The first-order valence-electron chi connectivity index (χ1n) is 4.11. The van der Waals surface area contributed by atoms with Crippen LogP contribution < -0.4 is 0 Å². The van der Waals surface area contributed by atoms with Gasteiger partial charge < -0.3 is 14.0 Å². The molecule has 0 amide bonds. The molecule has 68 valence electrons. The Morgan fingerprint density at radius 1 is 1.50 bits per heavy atom. The minimum absolute atomic E-state index is 0.0942. The zero-order valence-electron chi connectivity index (χ0n) is 8.09. The van der Waals surface area contributed by atoms with E-state index < -0.39 is 12.9 Å². The summed E-state index contributed by atoms with van der Waals surface area (Å²) in [4.78, 5) is 0. The van der Waals surface area contributed by atoms with Gasteiger partial charge in [0.2, 0.25) is 0 Å². The Hall–Kier alpha value is -0.475. The van der Waals surface area contributed by atoms with E-state index in [4.69, 9.17) is 14.0 Å². The highest BCUT2D eigenvalue weighted by Crippen LogP contribution is 2.29. The van der Waals surface area contributed by atoms with Gasteiger partial charge in [-0.25, -0.2) is 0 Å². The number of hydrogen-bond acceptors (Lipinski definition) is 3. The molecule has 3 nitrogen and oxygen atoms in total. The Kier molecular flexibility index (Phi) is 2.49. The standard InChI is InChI=1S/C8H15BO3/c1-6(2)10-9-11-7(3)8(4,5)12-9/h6H,3H2,1-2,4-5H3. The van der Waals surface area contributed by atoms with E-state index in [0.29, 0.717) is 5.76 Å². The van der Waals surface area contributed by atoms with Gasteiger partial charge in [-0.1, -0.05) is 6.58 Å². The van der Waals surface area contributed by atoms with Crippen LogP contribution in [0.5, 0.6) is 0 Å². The minimum Gasteiger partial charge on any atom is -0.513 e. The van der Waals surface area contributed by atoms with Crippen molar-refractivity contribution in [2.75, 3.05) is 0 Å². The van der Waals surface area contributed by atoms with E-state index >= 15 is 0 Å². The normalized spacial score (nSPS) is 21.8. The van der Waals surface area contributed by atoms with Gasteiger partial charge in [0, 0.05) is 6.10 Å². The van der Waals surface area contributed by atoms with Crippen LogP contribution in [0.25, 0.3) is 0 Å². The van der Waals surface area contributed by atoms with E-state index in [1.807, 2.05) is 27.7 Å². The highest BCUT2D eigenvalue weighted by Gasteiger charge is 2.44. The molecule has 0 saturated carbocycles. The molecular weight excluding hydrogens is 155 g/mol. The first-order valence-corrected chi connectivity index (χ1v) is 4.11. The average molecular weight is 170 g/mol. The maximum atomic E-state index is 5.43. The van der Waals surface area contributed by atoms with Crippen LogP contribution in [-0.2, 0) is 14.0 Å². The summed E-state index contributed by atoms with van der Waals surface area (Å²) in [7, 11) is -0.590. The average Bonchev–Trinajstić information content (AvgIpc) is 2.04. The van der Waals surface area contributed by atoms with E-state index in [-0.39, 0.29) is 6.10 Å². The van der Waals surface area contributed by atoms with Gasteiger partial charge in [0.25, 0.3) is 0 Å². The number of rotatable bonds is 2. The molecule has 1 saturated heterocycles. The quantitative estimate of drug-likeness (QED) is 0.590. The monoisotopic (exact) mass is 170 g/mol. The third-order valence-corrected chi connectivity index (χ3v) is 1.68. The van der Waals surface area contributed by atoms with Crippen LogP contribution in [-0.4, -0.2) is 19.0 Å². The lowest BCUT2D eigenvalue weighted by Gasteiger charge is -2.15. The van der Waals surface area contributed by atoms with Gasteiger partial charge in [-0.3, -0.25) is 0 Å². The van der Waals surface area contributed by atoms with E-state index in [1.54, 1.807) is 0 Å². The van der Waals surface area contributed by atoms with Gasteiger partial charge in [-0.15, -0.1) is 0 Å². The highest BCUT2D eigenvalue weighted by molar-refractivity contribution is 6.38. The van der Waals surface area contributed by atoms with Crippen molar-refractivity contribution in [3.05, 3.63) is 12.3 Å². The summed E-state index contributed by atoms with van der Waals surface area (Å²) in [6.45, 7) is 11.4. The van der Waals surface area contributed by atoms with Crippen LogP contribution in [0.15, 0.2) is 12.3 Å². The fourth-order valence-electron chi connectivity index (χ4n) is 0.866. The molecule has 0 N–H and O–H groups in total. The van der Waals surface area contributed by atoms with E-state index in [2.05, 4.69) is 6.58 Å². The molecule has 0 unspecified atom stereocenters. The Morgan fingerprint density at radius 3 is 2.42 bits per heavy atom. The Morgan fingerprint density at radius 2 is 2.08 bits per heavy atom. The molecule has 0 aromatic carbocycles. The summed E-state index contributed by atoms with van der Waals surface area (Å²) in [6, 6.07) is 0. The van der Waals surface area contributed by atoms with Crippen molar-refractivity contribution >= 4 is 7.32 Å². The summed E-state index contributed by atoms with van der Waals surface area (Å²) in [5.74, 6) is 0.619. The van der Waals surface area contributed by atoms with Crippen LogP contribution in [0.1, 0.15) is 27.7 Å². The molecule has 0 aromatic heterocycles. The van der Waals surface area contributed by atoms with Gasteiger partial charge in [0.05, 0.1) is 0 Å². The lowest BCUT2D eigenvalue weighted by atomic mass is 10.1. The SMILES string of the molecule is C=C1OB(OC(C)C)OC1(C)C. The zero-order valence-corrected chi connectivity index (χ0v) is 8.09. The summed E-state index contributed by atoms with van der Waals surface area (Å²) >= 11 is 0. The zero-order chi connectivity index (χ0) is 9.35. The smallest absolute Gasteiger partial charge is 0.513 e. The fourth-order valence-corrected chi connectivity index (χ4v) is 0.866. The van der Waals surface area contributed by atoms with E-state index in [0.717, 1.165) is 0 Å². The highest BCUT2D eigenvalue weighted by atomic mass is 16.8. The van der Waals surface area contributed by atoms with Crippen LogP contribution in [0.2, 0.25) is 0 Å². The lowest BCUT2D eigenvalue weighted by Crippen LogP contribution is -2.28. The van der Waals surface area contributed by atoms with Crippen molar-refractivity contribution in [1.29, 1.82) is 0 Å². The van der Waals surface area contributed by atoms with Crippen molar-refractivity contribution in [2.24, 2.45) is 0 Å². The van der Waals surface area contributed by atoms with Crippen LogP contribution in [0.4, 0.5) is 0 Å². The molecule has 0 aromatic rings. The van der Waals surface area contributed by atoms with Gasteiger partial charge >= 0.3 is 7.32 Å². The Balaban J connectivity index is 2.50. The first-order chi connectivity index (χ1) is 5.42. The van der Waals surface area contributed by atoms with Crippen molar-refractivity contribution < 1.29 is 14.0 Å².